The van der Waals surface area contributed by atoms with Gasteiger partial charge in [0.15, 0.2) is 0 Å². The van der Waals surface area contributed by atoms with Gasteiger partial charge in [-0.2, -0.15) is 0 Å². The lowest BCUT2D eigenvalue weighted by Gasteiger charge is -2.22. The van der Waals surface area contributed by atoms with Crippen LogP contribution in [0.3, 0.4) is 0 Å². The van der Waals surface area contributed by atoms with Crippen molar-refractivity contribution in [2.45, 2.75) is 53.7 Å². The Bertz CT molecular complexity index is 385. The number of benzene rings is 1. The summed E-state index contributed by atoms with van der Waals surface area (Å²) in [6, 6.07) is 4.85. The summed E-state index contributed by atoms with van der Waals surface area (Å²) in [6.07, 6.45) is 0.276. The number of hydrogen-bond acceptors (Lipinski definition) is 2. The van der Waals surface area contributed by atoms with Gasteiger partial charge in [0.05, 0.1) is 18.8 Å². The first-order valence-corrected chi connectivity index (χ1v) is 6.88. The van der Waals surface area contributed by atoms with Crippen molar-refractivity contribution >= 4 is 0 Å². The minimum absolute atomic E-state index is 0.276. The minimum Gasteiger partial charge on any atom is -0.377 e. The van der Waals surface area contributed by atoms with Crippen LogP contribution in [0.4, 0.5) is 0 Å². The second-order valence-electron chi connectivity index (χ2n) is 5.29. The van der Waals surface area contributed by atoms with E-state index in [1.807, 2.05) is 0 Å². The fourth-order valence-corrected chi connectivity index (χ4v) is 2.15. The number of rotatable bonds is 6. The van der Waals surface area contributed by atoms with Crippen LogP contribution < -0.4 is 5.32 Å². The van der Waals surface area contributed by atoms with Crippen molar-refractivity contribution in [2.24, 2.45) is 0 Å². The molecule has 0 radical (unpaired) electrons. The van der Waals surface area contributed by atoms with Crippen LogP contribution in [0, 0.1) is 20.8 Å². The zero-order valence-corrected chi connectivity index (χ0v) is 12.6. The Morgan fingerprint density at radius 1 is 1.06 bits per heavy atom. The van der Waals surface area contributed by atoms with Crippen LogP contribution in [-0.4, -0.2) is 19.3 Å². The third-order valence-electron chi connectivity index (χ3n) is 3.30. The van der Waals surface area contributed by atoms with Crippen molar-refractivity contribution in [1.29, 1.82) is 0 Å². The third-order valence-corrected chi connectivity index (χ3v) is 3.30. The SMILES string of the molecule is CCNC(COC(C)C)c1cc(C)c(C)cc1C. The molecule has 1 N–H and O–H groups in total. The highest BCUT2D eigenvalue weighted by Crippen LogP contribution is 2.22. The molecular weight excluding hydrogens is 222 g/mol. The summed E-state index contributed by atoms with van der Waals surface area (Å²) in [6.45, 7) is 14.5. The predicted molar refractivity (Wildman–Crippen MR) is 78.2 cm³/mol. The number of hydrogen-bond donors (Lipinski definition) is 1. The maximum atomic E-state index is 5.77. The van der Waals surface area contributed by atoms with E-state index in [0.29, 0.717) is 0 Å². The molecule has 18 heavy (non-hydrogen) atoms. The fraction of sp³-hybridized carbons (Fsp3) is 0.625. The molecule has 2 heteroatoms. The summed E-state index contributed by atoms with van der Waals surface area (Å²) < 4.78 is 5.77. The monoisotopic (exact) mass is 249 g/mol. The summed E-state index contributed by atoms with van der Waals surface area (Å²) in [4.78, 5) is 0. The Morgan fingerprint density at radius 3 is 2.22 bits per heavy atom. The molecule has 0 spiro atoms. The molecule has 0 amide bonds. The van der Waals surface area contributed by atoms with Gasteiger partial charge < -0.3 is 10.1 Å². The molecule has 0 aliphatic carbocycles. The Hall–Kier alpha value is -0.860. The van der Waals surface area contributed by atoms with Crippen LogP contribution in [0.5, 0.6) is 0 Å². The van der Waals surface area contributed by atoms with E-state index < -0.39 is 0 Å². The van der Waals surface area contributed by atoms with E-state index >= 15 is 0 Å². The standard InChI is InChI=1S/C16H27NO/c1-7-17-16(10-18-11(2)3)15-9-13(5)12(4)8-14(15)6/h8-9,11,16-17H,7,10H2,1-6H3. The smallest absolute Gasteiger partial charge is 0.0665 e. The van der Waals surface area contributed by atoms with Gasteiger partial charge in [-0.3, -0.25) is 0 Å². The van der Waals surface area contributed by atoms with Crippen LogP contribution in [0.2, 0.25) is 0 Å². The Balaban J connectivity index is 2.94. The van der Waals surface area contributed by atoms with Crippen molar-refractivity contribution in [3.63, 3.8) is 0 Å². The molecular formula is C16H27NO. The zero-order valence-electron chi connectivity index (χ0n) is 12.6. The molecule has 0 saturated heterocycles. The summed E-state index contributed by atoms with van der Waals surface area (Å²) >= 11 is 0. The largest absolute Gasteiger partial charge is 0.377 e. The number of ether oxygens (including phenoxy) is 1. The average molecular weight is 249 g/mol. The molecule has 0 heterocycles. The number of nitrogens with one attached hydrogen (secondary N) is 1. The number of likely N-dealkylation sites (N-methyl/N-ethyl adjacent to an activating group) is 1. The first-order valence-electron chi connectivity index (χ1n) is 6.88. The van der Waals surface area contributed by atoms with Crippen LogP contribution in [0.25, 0.3) is 0 Å². The lowest BCUT2D eigenvalue weighted by atomic mass is 9.96. The second kappa shape index (κ2) is 6.91. The van der Waals surface area contributed by atoms with Crippen molar-refractivity contribution in [2.75, 3.05) is 13.2 Å². The van der Waals surface area contributed by atoms with Gasteiger partial charge in [-0.25, -0.2) is 0 Å². The van der Waals surface area contributed by atoms with Crippen molar-refractivity contribution in [1.82, 2.24) is 5.32 Å². The Kier molecular flexibility index (Phi) is 5.83. The van der Waals surface area contributed by atoms with Gasteiger partial charge in [-0.15, -0.1) is 0 Å². The molecule has 2 nitrogen and oxygen atoms in total. The van der Waals surface area contributed by atoms with Crippen molar-refractivity contribution < 1.29 is 4.74 Å². The molecule has 1 atom stereocenters. The normalized spacial score (nSPS) is 13.1. The van der Waals surface area contributed by atoms with Crippen molar-refractivity contribution in [3.8, 4) is 0 Å². The maximum Gasteiger partial charge on any atom is 0.0665 e. The molecule has 102 valence electrons. The summed E-state index contributed by atoms with van der Waals surface area (Å²) in [5, 5.41) is 3.52. The Labute approximate surface area is 112 Å². The minimum atomic E-state index is 0.276. The zero-order chi connectivity index (χ0) is 13.7. The molecule has 1 aromatic carbocycles. The molecule has 0 saturated carbocycles. The van der Waals surface area contributed by atoms with Gasteiger partial charge in [0.25, 0.3) is 0 Å². The fourth-order valence-electron chi connectivity index (χ4n) is 2.15. The highest BCUT2D eigenvalue weighted by Gasteiger charge is 2.14. The molecule has 0 bridgehead atoms. The molecule has 0 aliphatic heterocycles. The van der Waals surface area contributed by atoms with Crippen LogP contribution in [0.1, 0.15) is 49.1 Å². The van der Waals surface area contributed by atoms with Crippen LogP contribution >= 0.6 is 0 Å². The van der Waals surface area contributed by atoms with Gasteiger partial charge in [0.1, 0.15) is 0 Å². The molecule has 1 aromatic rings. The first-order chi connectivity index (χ1) is 8.45. The van der Waals surface area contributed by atoms with E-state index in [4.69, 9.17) is 4.74 Å². The third kappa shape index (κ3) is 4.11. The highest BCUT2D eigenvalue weighted by molar-refractivity contribution is 5.38. The van der Waals surface area contributed by atoms with E-state index in [1.54, 1.807) is 0 Å². The van der Waals surface area contributed by atoms with Gasteiger partial charge in [0, 0.05) is 0 Å². The van der Waals surface area contributed by atoms with E-state index in [-0.39, 0.29) is 12.1 Å². The quantitative estimate of drug-likeness (QED) is 0.830. The van der Waals surface area contributed by atoms with E-state index in [0.717, 1.165) is 13.2 Å². The maximum absolute atomic E-state index is 5.77. The first kappa shape index (κ1) is 15.2. The highest BCUT2D eigenvalue weighted by atomic mass is 16.5. The summed E-state index contributed by atoms with van der Waals surface area (Å²) in [5.41, 5.74) is 5.41. The van der Waals surface area contributed by atoms with E-state index in [9.17, 15) is 0 Å². The average Bonchev–Trinajstić information content (AvgIpc) is 2.29. The van der Waals surface area contributed by atoms with Crippen molar-refractivity contribution in [3.05, 3.63) is 34.4 Å². The lowest BCUT2D eigenvalue weighted by molar-refractivity contribution is 0.0613. The Morgan fingerprint density at radius 2 is 1.67 bits per heavy atom. The number of aryl methyl sites for hydroxylation is 3. The van der Waals surface area contributed by atoms with E-state index in [2.05, 4.69) is 59.0 Å². The molecule has 1 rings (SSSR count). The van der Waals surface area contributed by atoms with Gasteiger partial charge in [-0.1, -0.05) is 19.1 Å². The molecule has 0 aromatic heterocycles. The molecule has 0 fully saturated rings. The molecule has 1 unspecified atom stereocenters. The predicted octanol–water partition coefficient (Wildman–Crippen LogP) is 3.69. The second-order valence-corrected chi connectivity index (χ2v) is 5.29. The van der Waals surface area contributed by atoms with Gasteiger partial charge in [-0.05, 0) is 63.4 Å². The molecule has 0 aliphatic rings. The topological polar surface area (TPSA) is 21.3 Å². The lowest BCUT2D eigenvalue weighted by Crippen LogP contribution is -2.27. The van der Waals surface area contributed by atoms with Crippen LogP contribution in [-0.2, 0) is 4.74 Å². The van der Waals surface area contributed by atoms with Crippen LogP contribution in [0.15, 0.2) is 12.1 Å². The van der Waals surface area contributed by atoms with Gasteiger partial charge in [0.2, 0.25) is 0 Å². The van der Waals surface area contributed by atoms with Gasteiger partial charge >= 0.3 is 0 Å². The van der Waals surface area contributed by atoms with E-state index in [1.165, 1.54) is 22.3 Å². The summed E-state index contributed by atoms with van der Waals surface area (Å²) in [7, 11) is 0. The summed E-state index contributed by atoms with van der Waals surface area (Å²) in [5.74, 6) is 0.